The Balaban J connectivity index is 3.60. The summed E-state index contributed by atoms with van der Waals surface area (Å²) < 4.78 is 0. The number of allylic oxidation sites excluding steroid dienone is 1. The van der Waals surface area contributed by atoms with E-state index in [-0.39, 0.29) is 18.9 Å². The molecule has 0 radical (unpaired) electrons. The maximum atomic E-state index is 12.4. The number of carbonyl (C=O) groups is 1. The molecule has 0 aliphatic rings. The summed E-state index contributed by atoms with van der Waals surface area (Å²) in [6.07, 6.45) is 50.8. The summed E-state index contributed by atoms with van der Waals surface area (Å²) >= 11 is 0. The van der Waals surface area contributed by atoms with E-state index in [1.807, 2.05) is 6.08 Å². The van der Waals surface area contributed by atoms with Crippen LogP contribution in [0.4, 0.5) is 0 Å². The van der Waals surface area contributed by atoms with Gasteiger partial charge in [0, 0.05) is 0 Å². The molecule has 0 aromatic rings. The molecule has 3 unspecified atom stereocenters. The van der Waals surface area contributed by atoms with Gasteiger partial charge in [0.1, 0.15) is 0 Å². The molecule has 0 aromatic carbocycles. The number of aliphatic hydroxyl groups is 3. The highest BCUT2D eigenvalue weighted by Crippen LogP contribution is 2.17. The molecule has 0 aliphatic heterocycles. The second-order valence-corrected chi connectivity index (χ2v) is 16.4. The predicted octanol–water partition coefficient (Wildman–Crippen LogP) is 13.6. The fourth-order valence-electron chi connectivity index (χ4n) is 7.46. The molecule has 310 valence electrons. The SMILES string of the molecule is CCCCCCCCCCCCCCCCCCCCCCC/C=C/C(O)C(CO)NC(=O)CC(O)CCCCCCCCCCCCCCCC. The van der Waals surface area contributed by atoms with Crippen LogP contribution in [-0.4, -0.2) is 46.1 Å². The number of aliphatic hydroxyl groups excluding tert-OH is 3. The highest BCUT2D eigenvalue weighted by molar-refractivity contribution is 5.76. The summed E-state index contributed by atoms with van der Waals surface area (Å²) in [5.41, 5.74) is 0. The Labute approximate surface area is 325 Å². The third-order valence-corrected chi connectivity index (χ3v) is 11.1. The molecule has 0 aliphatic carbocycles. The first-order valence-corrected chi connectivity index (χ1v) is 23.5. The van der Waals surface area contributed by atoms with Crippen LogP contribution >= 0.6 is 0 Å². The first kappa shape index (κ1) is 51.1. The average Bonchev–Trinajstić information content (AvgIpc) is 3.14. The van der Waals surface area contributed by atoms with E-state index in [0.717, 1.165) is 25.7 Å². The van der Waals surface area contributed by atoms with Crippen molar-refractivity contribution in [2.45, 2.75) is 276 Å². The van der Waals surface area contributed by atoms with Crippen molar-refractivity contribution in [2.24, 2.45) is 0 Å². The Bertz CT molecular complexity index is 728. The maximum absolute atomic E-state index is 12.4. The van der Waals surface area contributed by atoms with Crippen molar-refractivity contribution in [1.82, 2.24) is 5.32 Å². The lowest BCUT2D eigenvalue weighted by molar-refractivity contribution is -0.124. The molecule has 5 heteroatoms. The molecule has 0 heterocycles. The number of amides is 1. The third-order valence-electron chi connectivity index (χ3n) is 11.1. The molecule has 0 rings (SSSR count). The van der Waals surface area contributed by atoms with E-state index in [1.165, 1.54) is 205 Å². The van der Waals surface area contributed by atoms with E-state index < -0.39 is 18.2 Å². The first-order valence-electron chi connectivity index (χ1n) is 23.5. The van der Waals surface area contributed by atoms with Crippen molar-refractivity contribution in [1.29, 1.82) is 0 Å². The van der Waals surface area contributed by atoms with Crippen LogP contribution < -0.4 is 5.32 Å². The van der Waals surface area contributed by atoms with Crippen LogP contribution in [0.5, 0.6) is 0 Å². The molecular formula is C47H93NO4. The van der Waals surface area contributed by atoms with Crippen molar-refractivity contribution in [2.75, 3.05) is 6.61 Å². The zero-order chi connectivity index (χ0) is 38.0. The van der Waals surface area contributed by atoms with Gasteiger partial charge in [0.15, 0.2) is 0 Å². The largest absolute Gasteiger partial charge is 0.394 e. The minimum Gasteiger partial charge on any atom is -0.394 e. The second-order valence-electron chi connectivity index (χ2n) is 16.4. The Morgan fingerprint density at radius 1 is 0.481 bits per heavy atom. The quantitative estimate of drug-likeness (QED) is 0.0371. The Kier molecular flexibility index (Phi) is 42.1. The van der Waals surface area contributed by atoms with E-state index in [4.69, 9.17) is 0 Å². The molecule has 5 nitrogen and oxygen atoms in total. The van der Waals surface area contributed by atoms with Gasteiger partial charge in [-0.1, -0.05) is 244 Å². The van der Waals surface area contributed by atoms with E-state index >= 15 is 0 Å². The van der Waals surface area contributed by atoms with Crippen molar-refractivity contribution >= 4 is 5.91 Å². The molecule has 0 aromatic heterocycles. The van der Waals surface area contributed by atoms with Crippen LogP contribution in [0.15, 0.2) is 12.2 Å². The molecule has 0 saturated heterocycles. The summed E-state index contributed by atoms with van der Waals surface area (Å²) in [6, 6.07) is -0.739. The normalized spacial score (nSPS) is 13.6. The van der Waals surface area contributed by atoms with Gasteiger partial charge in [-0.15, -0.1) is 0 Å². The monoisotopic (exact) mass is 736 g/mol. The van der Waals surface area contributed by atoms with E-state index in [1.54, 1.807) is 6.08 Å². The summed E-state index contributed by atoms with van der Waals surface area (Å²) in [5.74, 6) is -0.311. The fourth-order valence-corrected chi connectivity index (χ4v) is 7.46. The molecular weight excluding hydrogens is 643 g/mol. The van der Waals surface area contributed by atoms with E-state index in [0.29, 0.717) is 6.42 Å². The van der Waals surface area contributed by atoms with Gasteiger partial charge in [-0.3, -0.25) is 4.79 Å². The fraction of sp³-hybridized carbons (Fsp3) is 0.936. The van der Waals surface area contributed by atoms with Gasteiger partial charge in [-0.2, -0.15) is 0 Å². The van der Waals surface area contributed by atoms with Crippen LogP contribution in [-0.2, 0) is 4.79 Å². The van der Waals surface area contributed by atoms with Crippen LogP contribution in [0.25, 0.3) is 0 Å². The zero-order valence-electron chi connectivity index (χ0n) is 35.2. The molecule has 1 amide bonds. The molecule has 0 saturated carbocycles. The van der Waals surface area contributed by atoms with Crippen molar-refractivity contribution < 1.29 is 20.1 Å². The summed E-state index contributed by atoms with van der Waals surface area (Å²) in [5, 5.41) is 33.3. The Hall–Kier alpha value is -0.910. The van der Waals surface area contributed by atoms with Gasteiger partial charge < -0.3 is 20.6 Å². The van der Waals surface area contributed by atoms with Crippen molar-refractivity contribution in [3.63, 3.8) is 0 Å². The number of hydrogen-bond donors (Lipinski definition) is 4. The summed E-state index contributed by atoms with van der Waals surface area (Å²) in [6.45, 7) is 4.23. The number of rotatable bonds is 43. The topological polar surface area (TPSA) is 89.8 Å². The average molecular weight is 736 g/mol. The van der Waals surface area contributed by atoms with Gasteiger partial charge in [-0.25, -0.2) is 0 Å². The number of carbonyl (C=O) groups excluding carboxylic acids is 1. The summed E-state index contributed by atoms with van der Waals surface area (Å²) in [7, 11) is 0. The Morgan fingerprint density at radius 2 is 0.788 bits per heavy atom. The zero-order valence-corrected chi connectivity index (χ0v) is 35.2. The lowest BCUT2D eigenvalue weighted by atomic mass is 10.0. The molecule has 52 heavy (non-hydrogen) atoms. The summed E-state index contributed by atoms with van der Waals surface area (Å²) in [4.78, 5) is 12.4. The smallest absolute Gasteiger partial charge is 0.222 e. The molecule has 4 N–H and O–H groups in total. The van der Waals surface area contributed by atoms with E-state index in [9.17, 15) is 20.1 Å². The molecule has 3 atom stereocenters. The van der Waals surface area contributed by atoms with Gasteiger partial charge in [0.25, 0.3) is 0 Å². The lowest BCUT2D eigenvalue weighted by Gasteiger charge is -2.21. The number of unbranched alkanes of at least 4 members (excludes halogenated alkanes) is 34. The van der Waals surface area contributed by atoms with E-state index in [2.05, 4.69) is 19.2 Å². The Morgan fingerprint density at radius 3 is 1.12 bits per heavy atom. The maximum Gasteiger partial charge on any atom is 0.222 e. The number of nitrogens with one attached hydrogen (secondary N) is 1. The molecule has 0 bridgehead atoms. The minimum absolute atomic E-state index is 0.0187. The van der Waals surface area contributed by atoms with Crippen molar-refractivity contribution in [3.05, 3.63) is 12.2 Å². The highest BCUT2D eigenvalue weighted by Gasteiger charge is 2.20. The van der Waals surface area contributed by atoms with Crippen molar-refractivity contribution in [3.8, 4) is 0 Å². The minimum atomic E-state index is -0.924. The standard InChI is InChI=1S/C47H93NO4/c1-3-5-7-9-11-13-15-17-19-20-21-22-23-24-25-26-27-29-31-33-35-37-39-41-46(51)45(43-49)48-47(52)42-44(50)40-38-36-34-32-30-28-18-16-14-12-10-8-6-4-2/h39,41,44-46,49-51H,3-38,40,42-43H2,1-2H3,(H,48,52)/b41-39+. The van der Waals surface area contributed by atoms with Gasteiger partial charge in [-0.05, 0) is 19.3 Å². The van der Waals surface area contributed by atoms with Crippen LogP contribution in [0, 0.1) is 0 Å². The van der Waals surface area contributed by atoms with Crippen LogP contribution in [0.1, 0.15) is 258 Å². The lowest BCUT2D eigenvalue weighted by Crippen LogP contribution is -2.45. The first-order chi connectivity index (χ1) is 25.5. The highest BCUT2D eigenvalue weighted by atomic mass is 16.3. The van der Waals surface area contributed by atoms with Crippen LogP contribution in [0.3, 0.4) is 0 Å². The van der Waals surface area contributed by atoms with Gasteiger partial charge in [0.2, 0.25) is 5.91 Å². The predicted molar refractivity (Wildman–Crippen MR) is 227 cm³/mol. The van der Waals surface area contributed by atoms with Gasteiger partial charge in [0.05, 0.1) is 31.3 Å². The second kappa shape index (κ2) is 42.8. The molecule has 0 spiro atoms. The third kappa shape index (κ3) is 38.8. The van der Waals surface area contributed by atoms with Crippen LogP contribution in [0.2, 0.25) is 0 Å². The van der Waals surface area contributed by atoms with Gasteiger partial charge >= 0.3 is 0 Å². The molecule has 0 fully saturated rings. The number of hydrogen-bond acceptors (Lipinski definition) is 4.